The number of rotatable bonds is 5. The Balaban J connectivity index is 3.98. The van der Waals surface area contributed by atoms with Crippen LogP contribution in [-0.4, -0.2) is 18.5 Å². The van der Waals surface area contributed by atoms with Crippen LogP contribution in [0, 0.1) is 16.7 Å². The van der Waals surface area contributed by atoms with E-state index in [1.165, 1.54) is 0 Å². The maximum absolute atomic E-state index is 11.3. The Hall–Kier alpha value is -1.34. The summed E-state index contributed by atoms with van der Waals surface area (Å²) >= 11 is 0. The van der Waals surface area contributed by atoms with Gasteiger partial charge in [-0.3, -0.25) is 4.79 Å². The minimum atomic E-state index is -0.568. The van der Waals surface area contributed by atoms with Gasteiger partial charge >= 0.3 is 0 Å². The van der Waals surface area contributed by atoms with Crippen LogP contribution in [0.3, 0.4) is 0 Å². The summed E-state index contributed by atoms with van der Waals surface area (Å²) in [6.07, 6.45) is 2.04. The van der Waals surface area contributed by atoms with E-state index < -0.39 is 11.5 Å². The third-order valence-corrected chi connectivity index (χ3v) is 1.76. The molecule has 0 aliphatic rings. The Labute approximate surface area is 84.8 Å². The van der Waals surface area contributed by atoms with Gasteiger partial charge in [0.15, 0.2) is 0 Å². The van der Waals surface area contributed by atoms with Crippen LogP contribution >= 0.6 is 0 Å². The summed E-state index contributed by atoms with van der Waals surface area (Å²) in [5, 5.41) is 11.3. The van der Waals surface area contributed by atoms with Gasteiger partial charge in [-0.05, 0) is 20.3 Å². The fraction of sp³-hybridized carbons (Fsp3) is 0.600. The van der Waals surface area contributed by atoms with Crippen molar-refractivity contribution in [2.75, 3.05) is 6.54 Å². The first-order chi connectivity index (χ1) is 6.43. The zero-order valence-electron chi connectivity index (χ0n) is 8.71. The van der Waals surface area contributed by atoms with Crippen molar-refractivity contribution in [3.63, 3.8) is 0 Å². The molecule has 0 aromatic heterocycles. The van der Waals surface area contributed by atoms with Crippen molar-refractivity contribution in [1.29, 1.82) is 5.26 Å². The Morgan fingerprint density at radius 3 is 2.79 bits per heavy atom. The van der Waals surface area contributed by atoms with Crippen LogP contribution in [0.4, 0.5) is 0 Å². The molecule has 3 N–H and O–H groups in total. The number of nitrogens with two attached hydrogens (primary N) is 1. The van der Waals surface area contributed by atoms with E-state index in [0.717, 1.165) is 0 Å². The molecule has 4 nitrogen and oxygen atoms in total. The molecule has 4 heteroatoms. The number of amides is 1. The van der Waals surface area contributed by atoms with Gasteiger partial charge in [0.05, 0.1) is 17.5 Å². The second kappa shape index (κ2) is 5.40. The van der Waals surface area contributed by atoms with Gasteiger partial charge in [-0.15, -0.1) is 6.58 Å². The van der Waals surface area contributed by atoms with Crippen LogP contribution in [-0.2, 0) is 4.79 Å². The van der Waals surface area contributed by atoms with Gasteiger partial charge in [0, 0.05) is 6.54 Å². The second-order valence-corrected chi connectivity index (χ2v) is 3.84. The van der Waals surface area contributed by atoms with E-state index in [4.69, 9.17) is 11.0 Å². The molecule has 0 rings (SSSR count). The second-order valence-electron chi connectivity index (χ2n) is 3.84. The van der Waals surface area contributed by atoms with E-state index in [-0.39, 0.29) is 5.91 Å². The zero-order chi connectivity index (χ0) is 11.2. The normalized spacial score (nSPS) is 12.7. The van der Waals surface area contributed by atoms with Crippen molar-refractivity contribution in [3.8, 4) is 6.07 Å². The minimum absolute atomic E-state index is 0.242. The monoisotopic (exact) mass is 195 g/mol. The molecule has 1 atom stereocenters. The zero-order valence-corrected chi connectivity index (χ0v) is 8.71. The van der Waals surface area contributed by atoms with Crippen LogP contribution in [0.2, 0.25) is 0 Å². The van der Waals surface area contributed by atoms with Crippen LogP contribution in [0.5, 0.6) is 0 Å². The van der Waals surface area contributed by atoms with Gasteiger partial charge < -0.3 is 11.1 Å². The fourth-order valence-corrected chi connectivity index (χ4v) is 0.765. The van der Waals surface area contributed by atoms with Gasteiger partial charge in [0.1, 0.15) is 0 Å². The van der Waals surface area contributed by atoms with Crippen molar-refractivity contribution in [2.45, 2.75) is 26.3 Å². The SMILES string of the molecule is C=CCC(N)C(=O)NCC(C)(C)C#N. The summed E-state index contributed by atoms with van der Waals surface area (Å²) in [5.41, 5.74) is 4.98. The molecule has 0 bridgehead atoms. The third kappa shape index (κ3) is 4.63. The molecular formula is C10H17N3O. The summed E-state index contributed by atoms with van der Waals surface area (Å²) < 4.78 is 0. The lowest BCUT2D eigenvalue weighted by Crippen LogP contribution is -2.43. The molecule has 0 aliphatic heterocycles. The maximum Gasteiger partial charge on any atom is 0.237 e. The summed E-state index contributed by atoms with van der Waals surface area (Å²) in [4.78, 5) is 11.3. The number of nitriles is 1. The van der Waals surface area contributed by atoms with Gasteiger partial charge in [-0.2, -0.15) is 5.26 Å². The molecule has 78 valence electrons. The number of carbonyl (C=O) groups excluding carboxylic acids is 1. The van der Waals surface area contributed by atoms with Crippen molar-refractivity contribution < 1.29 is 4.79 Å². The predicted octanol–water partition coefficient (Wildman–Crippen LogP) is 0.556. The average molecular weight is 195 g/mol. The average Bonchev–Trinajstić information content (AvgIpc) is 2.15. The molecule has 0 aromatic carbocycles. The number of hydrogen-bond acceptors (Lipinski definition) is 3. The minimum Gasteiger partial charge on any atom is -0.353 e. The summed E-state index contributed by atoms with van der Waals surface area (Å²) in [6.45, 7) is 7.32. The first-order valence-corrected chi connectivity index (χ1v) is 4.48. The molecule has 0 saturated carbocycles. The maximum atomic E-state index is 11.3. The third-order valence-electron chi connectivity index (χ3n) is 1.76. The van der Waals surface area contributed by atoms with Gasteiger partial charge in [0.2, 0.25) is 5.91 Å². The molecule has 0 aliphatic carbocycles. The van der Waals surface area contributed by atoms with Crippen molar-refractivity contribution in [1.82, 2.24) is 5.32 Å². The molecule has 0 fully saturated rings. The van der Waals surface area contributed by atoms with Crippen molar-refractivity contribution in [2.24, 2.45) is 11.1 Å². The standard InChI is InChI=1S/C10H17N3O/c1-4-5-8(12)9(14)13-7-10(2,3)6-11/h4,8H,1,5,7,12H2,2-3H3,(H,13,14). The van der Waals surface area contributed by atoms with Crippen LogP contribution in [0.25, 0.3) is 0 Å². The quantitative estimate of drug-likeness (QED) is 0.629. The van der Waals surface area contributed by atoms with E-state index >= 15 is 0 Å². The summed E-state index contributed by atoms with van der Waals surface area (Å²) in [6, 6.07) is 1.52. The van der Waals surface area contributed by atoms with E-state index in [2.05, 4.69) is 18.0 Å². The molecule has 0 spiro atoms. The largest absolute Gasteiger partial charge is 0.353 e. The molecule has 0 heterocycles. The lowest BCUT2D eigenvalue weighted by atomic mass is 9.96. The number of nitrogens with zero attached hydrogens (tertiary/aromatic N) is 1. The number of carbonyl (C=O) groups is 1. The van der Waals surface area contributed by atoms with Crippen LogP contribution in [0.15, 0.2) is 12.7 Å². The van der Waals surface area contributed by atoms with E-state index in [1.807, 2.05) is 0 Å². The Bertz CT molecular complexity index is 253. The van der Waals surface area contributed by atoms with Crippen molar-refractivity contribution >= 4 is 5.91 Å². The highest BCUT2D eigenvalue weighted by Crippen LogP contribution is 2.10. The summed E-state index contributed by atoms with van der Waals surface area (Å²) in [5.74, 6) is -0.242. The Morgan fingerprint density at radius 1 is 1.79 bits per heavy atom. The first kappa shape index (κ1) is 12.7. The predicted molar refractivity (Wildman–Crippen MR) is 55.2 cm³/mol. The number of nitrogens with one attached hydrogen (secondary N) is 1. The fourth-order valence-electron chi connectivity index (χ4n) is 0.765. The molecule has 1 unspecified atom stereocenters. The smallest absolute Gasteiger partial charge is 0.237 e. The molecular weight excluding hydrogens is 178 g/mol. The van der Waals surface area contributed by atoms with Gasteiger partial charge in [-0.25, -0.2) is 0 Å². The topological polar surface area (TPSA) is 78.9 Å². The lowest BCUT2D eigenvalue weighted by Gasteiger charge is -2.17. The highest BCUT2D eigenvalue weighted by Gasteiger charge is 2.19. The Morgan fingerprint density at radius 2 is 2.36 bits per heavy atom. The first-order valence-electron chi connectivity index (χ1n) is 4.48. The highest BCUT2D eigenvalue weighted by molar-refractivity contribution is 5.81. The van der Waals surface area contributed by atoms with E-state index in [9.17, 15) is 4.79 Å². The molecule has 0 saturated heterocycles. The molecule has 14 heavy (non-hydrogen) atoms. The number of hydrogen-bond donors (Lipinski definition) is 2. The van der Waals surface area contributed by atoms with Gasteiger partial charge in [-0.1, -0.05) is 6.08 Å². The molecule has 0 radical (unpaired) electrons. The van der Waals surface area contributed by atoms with E-state index in [1.54, 1.807) is 19.9 Å². The Kier molecular flexibility index (Phi) is 4.89. The van der Waals surface area contributed by atoms with Crippen LogP contribution < -0.4 is 11.1 Å². The summed E-state index contributed by atoms with van der Waals surface area (Å²) in [7, 11) is 0. The molecule has 0 aromatic rings. The highest BCUT2D eigenvalue weighted by atomic mass is 16.2. The van der Waals surface area contributed by atoms with Crippen LogP contribution in [0.1, 0.15) is 20.3 Å². The van der Waals surface area contributed by atoms with Crippen molar-refractivity contribution in [3.05, 3.63) is 12.7 Å². The van der Waals surface area contributed by atoms with E-state index in [0.29, 0.717) is 13.0 Å². The van der Waals surface area contributed by atoms with Gasteiger partial charge in [0.25, 0.3) is 0 Å². The lowest BCUT2D eigenvalue weighted by molar-refractivity contribution is -0.122. The molecule has 1 amide bonds.